The first kappa shape index (κ1) is 14.2. The Morgan fingerprint density at radius 1 is 1.53 bits per heavy atom. The SMILES string of the molecule is C#CCN(CCC)c1ccc(Cl)c(CNC2CC2)n1. The van der Waals surface area contributed by atoms with E-state index in [0.717, 1.165) is 31.0 Å². The third-order valence-corrected chi connectivity index (χ3v) is 3.48. The molecule has 2 rings (SSSR count). The van der Waals surface area contributed by atoms with Crippen LogP contribution in [0.1, 0.15) is 31.9 Å². The highest BCUT2D eigenvalue weighted by Crippen LogP contribution is 2.22. The molecule has 0 spiro atoms. The van der Waals surface area contributed by atoms with Crippen molar-refractivity contribution >= 4 is 17.4 Å². The average molecular weight is 278 g/mol. The number of hydrogen-bond donors (Lipinski definition) is 1. The van der Waals surface area contributed by atoms with Crippen LogP contribution in [0.4, 0.5) is 5.82 Å². The van der Waals surface area contributed by atoms with Gasteiger partial charge in [0.05, 0.1) is 17.3 Å². The van der Waals surface area contributed by atoms with Gasteiger partial charge in [-0.1, -0.05) is 24.4 Å². The minimum Gasteiger partial charge on any atom is -0.345 e. The standard InChI is InChI=1S/C15H20ClN3/c1-3-9-19(10-4-2)15-8-7-13(16)14(18-15)11-17-12-5-6-12/h1,7-8,12,17H,4-6,9-11H2,2H3. The van der Waals surface area contributed by atoms with Gasteiger partial charge in [-0.15, -0.1) is 6.42 Å². The zero-order chi connectivity index (χ0) is 13.7. The summed E-state index contributed by atoms with van der Waals surface area (Å²) in [5.41, 5.74) is 0.907. The molecule has 4 heteroatoms. The Hall–Kier alpha value is -1.24. The van der Waals surface area contributed by atoms with Crippen molar-refractivity contribution < 1.29 is 0 Å². The predicted molar refractivity (Wildman–Crippen MR) is 80.4 cm³/mol. The van der Waals surface area contributed by atoms with Gasteiger partial charge in [0.25, 0.3) is 0 Å². The second-order valence-electron chi connectivity index (χ2n) is 4.88. The van der Waals surface area contributed by atoms with Crippen molar-refractivity contribution in [2.24, 2.45) is 0 Å². The maximum atomic E-state index is 6.20. The highest BCUT2D eigenvalue weighted by molar-refractivity contribution is 6.31. The number of rotatable bonds is 7. The number of nitrogens with zero attached hydrogens (tertiary/aromatic N) is 2. The Labute approximate surface area is 120 Å². The minimum atomic E-state index is 0.581. The van der Waals surface area contributed by atoms with Crippen molar-refractivity contribution in [1.29, 1.82) is 0 Å². The summed E-state index contributed by atoms with van der Waals surface area (Å²) in [5, 5.41) is 4.15. The molecule has 0 bridgehead atoms. The molecule has 19 heavy (non-hydrogen) atoms. The Bertz CT molecular complexity index is 463. The van der Waals surface area contributed by atoms with E-state index in [-0.39, 0.29) is 0 Å². The van der Waals surface area contributed by atoms with Crippen molar-refractivity contribution in [2.45, 2.75) is 38.8 Å². The van der Waals surface area contributed by atoms with E-state index in [1.165, 1.54) is 12.8 Å². The number of halogens is 1. The summed E-state index contributed by atoms with van der Waals surface area (Å²) in [5.74, 6) is 3.60. The topological polar surface area (TPSA) is 28.2 Å². The van der Waals surface area contributed by atoms with E-state index >= 15 is 0 Å². The Balaban J connectivity index is 2.10. The number of anilines is 1. The van der Waals surface area contributed by atoms with Crippen molar-refractivity contribution in [3.05, 3.63) is 22.8 Å². The van der Waals surface area contributed by atoms with Gasteiger partial charge in [0.2, 0.25) is 0 Å². The molecule has 1 fully saturated rings. The molecule has 1 aromatic rings. The molecule has 0 atom stereocenters. The highest BCUT2D eigenvalue weighted by Gasteiger charge is 2.21. The lowest BCUT2D eigenvalue weighted by atomic mass is 10.3. The van der Waals surface area contributed by atoms with Crippen LogP contribution >= 0.6 is 11.6 Å². The Morgan fingerprint density at radius 2 is 2.32 bits per heavy atom. The molecule has 0 aromatic carbocycles. The average Bonchev–Trinajstić information content (AvgIpc) is 3.22. The summed E-state index contributed by atoms with van der Waals surface area (Å²) in [6.45, 7) is 4.36. The number of aromatic nitrogens is 1. The van der Waals surface area contributed by atoms with E-state index in [4.69, 9.17) is 18.0 Å². The third kappa shape index (κ3) is 4.12. The molecule has 0 unspecified atom stereocenters. The zero-order valence-corrected chi connectivity index (χ0v) is 12.1. The van der Waals surface area contributed by atoms with Crippen molar-refractivity contribution in [2.75, 3.05) is 18.0 Å². The molecule has 0 radical (unpaired) electrons. The van der Waals surface area contributed by atoms with E-state index in [0.29, 0.717) is 17.6 Å². The van der Waals surface area contributed by atoms with Gasteiger partial charge >= 0.3 is 0 Å². The molecule has 1 aliphatic rings. The molecule has 1 aliphatic carbocycles. The number of terminal acetylenes is 1. The lowest BCUT2D eigenvalue weighted by Crippen LogP contribution is -2.26. The van der Waals surface area contributed by atoms with E-state index in [9.17, 15) is 0 Å². The van der Waals surface area contributed by atoms with Crippen molar-refractivity contribution in [3.63, 3.8) is 0 Å². The van der Waals surface area contributed by atoms with Crippen LogP contribution in [0, 0.1) is 12.3 Å². The predicted octanol–water partition coefficient (Wildman–Crippen LogP) is 2.84. The first-order chi connectivity index (χ1) is 9.24. The molecular weight excluding hydrogens is 258 g/mol. The molecular formula is C15H20ClN3. The molecule has 1 saturated carbocycles. The lowest BCUT2D eigenvalue weighted by molar-refractivity contribution is 0.672. The maximum absolute atomic E-state index is 6.20. The van der Waals surface area contributed by atoms with Crippen LogP contribution < -0.4 is 10.2 Å². The van der Waals surface area contributed by atoms with Gasteiger partial charge in [-0.2, -0.15) is 0 Å². The molecule has 102 valence electrons. The molecule has 1 aromatic heterocycles. The van der Waals surface area contributed by atoms with Gasteiger partial charge in [-0.05, 0) is 31.4 Å². The summed E-state index contributed by atoms with van der Waals surface area (Å²) < 4.78 is 0. The first-order valence-electron chi connectivity index (χ1n) is 6.81. The quantitative estimate of drug-likeness (QED) is 0.777. The first-order valence-corrected chi connectivity index (χ1v) is 7.19. The fourth-order valence-electron chi connectivity index (χ4n) is 1.96. The summed E-state index contributed by atoms with van der Waals surface area (Å²) in [7, 11) is 0. The number of hydrogen-bond acceptors (Lipinski definition) is 3. The van der Waals surface area contributed by atoms with Crippen LogP contribution in [0.2, 0.25) is 5.02 Å². The van der Waals surface area contributed by atoms with Crippen molar-refractivity contribution in [1.82, 2.24) is 10.3 Å². The molecule has 3 nitrogen and oxygen atoms in total. The van der Waals surface area contributed by atoms with E-state index in [1.807, 2.05) is 12.1 Å². The van der Waals surface area contributed by atoms with E-state index in [1.54, 1.807) is 0 Å². The monoisotopic (exact) mass is 277 g/mol. The summed E-state index contributed by atoms with van der Waals surface area (Å²) >= 11 is 6.20. The number of pyridine rings is 1. The highest BCUT2D eigenvalue weighted by atomic mass is 35.5. The van der Waals surface area contributed by atoms with Crippen molar-refractivity contribution in [3.8, 4) is 12.3 Å². The summed E-state index contributed by atoms with van der Waals surface area (Å²) in [6, 6.07) is 4.50. The fraction of sp³-hybridized carbons (Fsp3) is 0.533. The van der Waals surface area contributed by atoms with Crippen LogP contribution in [0.3, 0.4) is 0 Å². The van der Waals surface area contributed by atoms with E-state index < -0.39 is 0 Å². The lowest BCUT2D eigenvalue weighted by Gasteiger charge is -2.21. The molecule has 1 heterocycles. The van der Waals surface area contributed by atoms with Crippen LogP contribution in [0.5, 0.6) is 0 Å². The van der Waals surface area contributed by atoms with Crippen LogP contribution in [-0.2, 0) is 6.54 Å². The fourth-order valence-corrected chi connectivity index (χ4v) is 2.13. The molecule has 0 aliphatic heterocycles. The molecule has 1 N–H and O–H groups in total. The Morgan fingerprint density at radius 3 is 2.95 bits per heavy atom. The largest absolute Gasteiger partial charge is 0.345 e. The second kappa shape index (κ2) is 6.79. The van der Waals surface area contributed by atoms with E-state index in [2.05, 4.69) is 28.0 Å². The minimum absolute atomic E-state index is 0.581. The van der Waals surface area contributed by atoms with Gasteiger partial charge in [0.15, 0.2) is 0 Å². The van der Waals surface area contributed by atoms with Gasteiger partial charge in [-0.25, -0.2) is 4.98 Å². The second-order valence-corrected chi connectivity index (χ2v) is 5.29. The zero-order valence-electron chi connectivity index (χ0n) is 11.3. The smallest absolute Gasteiger partial charge is 0.129 e. The van der Waals surface area contributed by atoms with Crippen LogP contribution in [0.25, 0.3) is 0 Å². The molecule has 0 amide bonds. The maximum Gasteiger partial charge on any atom is 0.129 e. The van der Waals surface area contributed by atoms with Crippen LogP contribution in [0.15, 0.2) is 12.1 Å². The number of nitrogens with one attached hydrogen (secondary N) is 1. The summed E-state index contributed by atoms with van der Waals surface area (Å²) in [6.07, 6.45) is 8.98. The third-order valence-electron chi connectivity index (χ3n) is 3.14. The molecule has 0 saturated heterocycles. The Kier molecular flexibility index (Phi) is 5.07. The van der Waals surface area contributed by atoms with Gasteiger partial charge < -0.3 is 10.2 Å². The summed E-state index contributed by atoms with van der Waals surface area (Å²) in [4.78, 5) is 6.75. The normalized spacial score (nSPS) is 14.2. The van der Waals surface area contributed by atoms with Gasteiger partial charge in [0, 0.05) is 19.1 Å². The van der Waals surface area contributed by atoms with Gasteiger partial charge in [-0.3, -0.25) is 0 Å². The van der Waals surface area contributed by atoms with Crippen LogP contribution in [-0.4, -0.2) is 24.1 Å². The van der Waals surface area contributed by atoms with Gasteiger partial charge in [0.1, 0.15) is 5.82 Å².